The highest BCUT2D eigenvalue weighted by Gasteiger charge is 2.11. The molecule has 0 fully saturated rings. The molecule has 1 aromatic heterocycles. The Morgan fingerprint density at radius 3 is 2.37 bits per heavy atom. The molecule has 0 saturated heterocycles. The Balaban J connectivity index is 1.95. The fraction of sp³-hybridized carbons (Fsp3) is 0.429. The maximum Gasteiger partial charge on any atom is 0.131 e. The molecule has 1 N–H and O–H groups in total. The first-order chi connectivity index (χ1) is 8.92. The summed E-state index contributed by atoms with van der Waals surface area (Å²) in [6.45, 7) is 7.19. The van der Waals surface area contributed by atoms with Crippen LogP contribution in [-0.2, 0) is 13.0 Å². The number of halogens is 1. The van der Waals surface area contributed by atoms with Crippen LogP contribution in [0, 0.1) is 0 Å². The maximum atomic E-state index is 5.87. The molecule has 1 heterocycles. The first-order valence-corrected chi connectivity index (χ1v) is 7.42. The summed E-state index contributed by atoms with van der Waals surface area (Å²) in [5.41, 5.74) is 1.30. The summed E-state index contributed by atoms with van der Waals surface area (Å²) in [6.07, 6.45) is 0.810. The van der Waals surface area contributed by atoms with Gasteiger partial charge in [-0.2, -0.15) is 0 Å². The molecular formula is C14H18ClN3S. The van der Waals surface area contributed by atoms with Crippen LogP contribution in [-0.4, -0.2) is 15.7 Å². The van der Waals surface area contributed by atoms with Gasteiger partial charge in [0.2, 0.25) is 0 Å². The van der Waals surface area contributed by atoms with Gasteiger partial charge in [0.05, 0.1) is 6.54 Å². The largest absolute Gasteiger partial charge is 0.306 e. The quantitative estimate of drug-likeness (QED) is 0.935. The molecule has 19 heavy (non-hydrogen) atoms. The van der Waals surface area contributed by atoms with Crippen LogP contribution in [0.5, 0.6) is 0 Å². The van der Waals surface area contributed by atoms with Crippen LogP contribution in [0.1, 0.15) is 36.3 Å². The van der Waals surface area contributed by atoms with E-state index in [0.29, 0.717) is 0 Å². The SMILES string of the molecule is CC(C)(C)NCc1nnc(Cc2ccc(Cl)cc2)s1. The molecule has 5 heteroatoms. The van der Waals surface area contributed by atoms with Crippen LogP contribution in [0.4, 0.5) is 0 Å². The van der Waals surface area contributed by atoms with E-state index in [1.165, 1.54) is 5.56 Å². The standard InChI is InChI=1S/C14H18ClN3S/c1-14(2,3)16-9-13-18-17-12(19-13)8-10-4-6-11(15)7-5-10/h4-7,16H,8-9H2,1-3H3. The number of rotatable bonds is 4. The Kier molecular flexibility index (Phi) is 4.55. The van der Waals surface area contributed by atoms with Gasteiger partial charge in [-0.05, 0) is 38.5 Å². The molecule has 2 aromatic rings. The summed E-state index contributed by atoms with van der Waals surface area (Å²) in [7, 11) is 0. The van der Waals surface area contributed by atoms with Gasteiger partial charge in [-0.15, -0.1) is 10.2 Å². The molecular weight excluding hydrogens is 278 g/mol. The van der Waals surface area contributed by atoms with E-state index in [9.17, 15) is 0 Å². The van der Waals surface area contributed by atoms with Gasteiger partial charge in [0.15, 0.2) is 0 Å². The highest BCUT2D eigenvalue weighted by Crippen LogP contribution is 2.17. The number of aromatic nitrogens is 2. The predicted molar refractivity (Wildman–Crippen MR) is 80.8 cm³/mol. The average Bonchev–Trinajstić information content (AvgIpc) is 2.77. The van der Waals surface area contributed by atoms with Crippen LogP contribution >= 0.6 is 22.9 Å². The lowest BCUT2D eigenvalue weighted by Crippen LogP contribution is -2.35. The zero-order chi connectivity index (χ0) is 13.9. The fourth-order valence-electron chi connectivity index (χ4n) is 1.55. The highest BCUT2D eigenvalue weighted by atomic mass is 35.5. The minimum atomic E-state index is 0.0992. The third-order valence-corrected chi connectivity index (χ3v) is 3.72. The summed E-state index contributed by atoms with van der Waals surface area (Å²) in [5, 5.41) is 14.7. The van der Waals surface area contributed by atoms with E-state index in [1.807, 2.05) is 24.3 Å². The van der Waals surface area contributed by atoms with Crippen molar-refractivity contribution in [2.75, 3.05) is 0 Å². The molecule has 3 nitrogen and oxygen atoms in total. The summed E-state index contributed by atoms with van der Waals surface area (Å²) in [5.74, 6) is 0. The zero-order valence-corrected chi connectivity index (χ0v) is 13.0. The number of nitrogens with one attached hydrogen (secondary N) is 1. The fourth-order valence-corrected chi connectivity index (χ4v) is 2.49. The van der Waals surface area contributed by atoms with Gasteiger partial charge >= 0.3 is 0 Å². The number of hydrogen-bond acceptors (Lipinski definition) is 4. The Morgan fingerprint density at radius 1 is 1.11 bits per heavy atom. The van der Waals surface area contributed by atoms with Crippen molar-refractivity contribution in [1.82, 2.24) is 15.5 Å². The molecule has 1 aromatic carbocycles. The van der Waals surface area contributed by atoms with E-state index < -0.39 is 0 Å². The van der Waals surface area contributed by atoms with Crippen molar-refractivity contribution in [2.45, 2.75) is 39.3 Å². The Bertz CT molecular complexity index is 528. The topological polar surface area (TPSA) is 37.8 Å². The second-order valence-electron chi connectivity index (χ2n) is 5.50. The monoisotopic (exact) mass is 295 g/mol. The minimum absolute atomic E-state index is 0.0992. The van der Waals surface area contributed by atoms with Crippen molar-refractivity contribution in [2.24, 2.45) is 0 Å². The summed E-state index contributed by atoms with van der Waals surface area (Å²) < 4.78 is 0. The van der Waals surface area contributed by atoms with Crippen LogP contribution < -0.4 is 5.32 Å². The Labute approximate surface area is 123 Å². The molecule has 0 aliphatic rings. The van der Waals surface area contributed by atoms with Gasteiger partial charge in [-0.25, -0.2) is 0 Å². The Morgan fingerprint density at radius 2 is 1.74 bits per heavy atom. The van der Waals surface area contributed by atoms with Crippen molar-refractivity contribution in [3.05, 3.63) is 44.9 Å². The summed E-state index contributed by atoms with van der Waals surface area (Å²) in [4.78, 5) is 0. The highest BCUT2D eigenvalue weighted by molar-refractivity contribution is 7.11. The smallest absolute Gasteiger partial charge is 0.131 e. The van der Waals surface area contributed by atoms with E-state index in [-0.39, 0.29) is 5.54 Å². The molecule has 0 saturated carbocycles. The number of benzene rings is 1. The lowest BCUT2D eigenvalue weighted by Gasteiger charge is -2.19. The van der Waals surface area contributed by atoms with Crippen LogP contribution in [0.3, 0.4) is 0 Å². The van der Waals surface area contributed by atoms with E-state index >= 15 is 0 Å². The van der Waals surface area contributed by atoms with Crippen molar-refractivity contribution in [3.8, 4) is 0 Å². The van der Waals surface area contributed by atoms with E-state index in [0.717, 1.165) is 28.0 Å². The summed E-state index contributed by atoms with van der Waals surface area (Å²) in [6, 6.07) is 7.85. The Hall–Kier alpha value is -0.970. The zero-order valence-electron chi connectivity index (χ0n) is 11.4. The van der Waals surface area contributed by atoms with Crippen molar-refractivity contribution in [3.63, 3.8) is 0 Å². The second-order valence-corrected chi connectivity index (χ2v) is 7.08. The molecule has 102 valence electrons. The van der Waals surface area contributed by atoms with Gasteiger partial charge in [0, 0.05) is 17.0 Å². The third-order valence-electron chi connectivity index (χ3n) is 2.55. The van der Waals surface area contributed by atoms with Crippen molar-refractivity contribution in [1.29, 1.82) is 0 Å². The van der Waals surface area contributed by atoms with Crippen molar-refractivity contribution < 1.29 is 0 Å². The number of hydrogen-bond donors (Lipinski definition) is 1. The first-order valence-electron chi connectivity index (χ1n) is 6.23. The molecule has 0 aliphatic carbocycles. The van der Waals surface area contributed by atoms with E-state index in [2.05, 4.69) is 36.3 Å². The molecule has 0 bridgehead atoms. The third kappa shape index (κ3) is 4.90. The van der Waals surface area contributed by atoms with Gasteiger partial charge < -0.3 is 5.32 Å². The predicted octanol–water partition coefficient (Wildman–Crippen LogP) is 3.67. The molecule has 0 aliphatic heterocycles. The molecule has 0 radical (unpaired) electrons. The van der Waals surface area contributed by atoms with E-state index in [4.69, 9.17) is 11.6 Å². The van der Waals surface area contributed by atoms with Gasteiger partial charge in [0.1, 0.15) is 10.0 Å². The van der Waals surface area contributed by atoms with Crippen molar-refractivity contribution >= 4 is 22.9 Å². The van der Waals surface area contributed by atoms with E-state index in [1.54, 1.807) is 11.3 Å². The van der Waals surface area contributed by atoms with Gasteiger partial charge in [-0.1, -0.05) is 35.1 Å². The lowest BCUT2D eigenvalue weighted by atomic mass is 10.1. The molecule has 0 amide bonds. The maximum absolute atomic E-state index is 5.87. The molecule has 0 atom stereocenters. The van der Waals surface area contributed by atoms with Crippen LogP contribution in [0.2, 0.25) is 5.02 Å². The first kappa shape index (κ1) is 14.4. The van der Waals surface area contributed by atoms with Crippen LogP contribution in [0.25, 0.3) is 0 Å². The average molecular weight is 296 g/mol. The lowest BCUT2D eigenvalue weighted by molar-refractivity contribution is 0.423. The summed E-state index contributed by atoms with van der Waals surface area (Å²) >= 11 is 7.52. The minimum Gasteiger partial charge on any atom is -0.306 e. The molecule has 0 unspecified atom stereocenters. The normalized spacial score (nSPS) is 11.8. The van der Waals surface area contributed by atoms with Gasteiger partial charge in [0.25, 0.3) is 0 Å². The van der Waals surface area contributed by atoms with Crippen LogP contribution in [0.15, 0.2) is 24.3 Å². The van der Waals surface area contributed by atoms with Gasteiger partial charge in [-0.3, -0.25) is 0 Å². The molecule has 0 spiro atoms. The molecule has 2 rings (SSSR count). The second kappa shape index (κ2) is 5.99. The number of nitrogens with zero attached hydrogens (tertiary/aromatic N) is 2.